The Hall–Kier alpha value is -0.580. The van der Waals surface area contributed by atoms with E-state index in [2.05, 4.69) is 5.32 Å². The van der Waals surface area contributed by atoms with E-state index < -0.39 is 0 Å². The molecule has 0 saturated heterocycles. The number of halogens is 1. The molecular formula is C9H13ClN2OS. The van der Waals surface area contributed by atoms with Crippen LogP contribution >= 0.6 is 22.9 Å². The molecule has 5 heteroatoms. The fraction of sp³-hybridized carbons (Fsp3) is 0.444. The molecule has 0 saturated carbocycles. The number of nitrogens with one attached hydrogen (secondary N) is 1. The SMILES string of the molecule is CNCC(=O)N(C)Cc1ccc(Cl)s1. The molecule has 1 heterocycles. The quantitative estimate of drug-likeness (QED) is 0.855. The molecule has 1 rings (SSSR count). The van der Waals surface area contributed by atoms with E-state index in [1.165, 1.54) is 11.3 Å². The van der Waals surface area contributed by atoms with Gasteiger partial charge < -0.3 is 10.2 Å². The van der Waals surface area contributed by atoms with Gasteiger partial charge in [0.1, 0.15) is 0 Å². The molecule has 0 atom stereocenters. The first kappa shape index (κ1) is 11.5. The van der Waals surface area contributed by atoms with Crippen molar-refractivity contribution in [1.29, 1.82) is 0 Å². The van der Waals surface area contributed by atoms with Crippen LogP contribution in [0.1, 0.15) is 4.88 Å². The number of nitrogens with zero attached hydrogens (tertiary/aromatic N) is 1. The fourth-order valence-corrected chi connectivity index (χ4v) is 2.19. The molecule has 1 aromatic rings. The van der Waals surface area contributed by atoms with Crippen molar-refractivity contribution in [3.05, 3.63) is 21.3 Å². The summed E-state index contributed by atoms with van der Waals surface area (Å²) in [4.78, 5) is 14.2. The molecule has 0 spiro atoms. The lowest BCUT2D eigenvalue weighted by Crippen LogP contribution is -2.33. The van der Waals surface area contributed by atoms with Gasteiger partial charge in [-0.05, 0) is 19.2 Å². The summed E-state index contributed by atoms with van der Waals surface area (Å²) < 4.78 is 0.759. The number of hydrogen-bond acceptors (Lipinski definition) is 3. The molecule has 0 aliphatic carbocycles. The van der Waals surface area contributed by atoms with Crippen LogP contribution in [0.25, 0.3) is 0 Å². The third-order valence-corrected chi connectivity index (χ3v) is 2.99. The molecule has 3 nitrogen and oxygen atoms in total. The summed E-state index contributed by atoms with van der Waals surface area (Å²) in [6.45, 7) is 0.994. The first-order valence-electron chi connectivity index (χ1n) is 4.26. The van der Waals surface area contributed by atoms with E-state index in [0.717, 1.165) is 9.21 Å². The number of carbonyl (C=O) groups is 1. The largest absolute Gasteiger partial charge is 0.340 e. The smallest absolute Gasteiger partial charge is 0.236 e. The molecule has 0 unspecified atom stereocenters. The van der Waals surface area contributed by atoms with Gasteiger partial charge >= 0.3 is 0 Å². The van der Waals surface area contributed by atoms with Crippen molar-refractivity contribution in [2.45, 2.75) is 6.54 Å². The van der Waals surface area contributed by atoms with E-state index in [4.69, 9.17) is 11.6 Å². The Morgan fingerprint density at radius 3 is 2.86 bits per heavy atom. The van der Waals surface area contributed by atoms with Gasteiger partial charge in [0.25, 0.3) is 0 Å². The zero-order valence-electron chi connectivity index (χ0n) is 8.21. The highest BCUT2D eigenvalue weighted by Gasteiger charge is 2.08. The zero-order valence-corrected chi connectivity index (χ0v) is 9.78. The Balaban J connectivity index is 2.48. The fourth-order valence-electron chi connectivity index (χ4n) is 1.04. The summed E-state index contributed by atoms with van der Waals surface area (Å²) in [6, 6.07) is 3.79. The topological polar surface area (TPSA) is 32.3 Å². The minimum atomic E-state index is 0.0806. The van der Waals surface area contributed by atoms with Crippen LogP contribution in [0.4, 0.5) is 0 Å². The van der Waals surface area contributed by atoms with Gasteiger partial charge in [-0.3, -0.25) is 4.79 Å². The highest BCUT2D eigenvalue weighted by molar-refractivity contribution is 7.16. The van der Waals surface area contributed by atoms with Crippen LogP contribution in [-0.4, -0.2) is 31.4 Å². The first-order chi connectivity index (χ1) is 6.63. The van der Waals surface area contributed by atoms with E-state index in [1.807, 2.05) is 12.1 Å². The summed E-state index contributed by atoms with van der Waals surface area (Å²) in [6.07, 6.45) is 0. The van der Waals surface area contributed by atoms with Crippen molar-refractivity contribution >= 4 is 28.8 Å². The van der Waals surface area contributed by atoms with Crippen LogP contribution in [0.5, 0.6) is 0 Å². The first-order valence-corrected chi connectivity index (χ1v) is 5.45. The minimum Gasteiger partial charge on any atom is -0.340 e. The lowest BCUT2D eigenvalue weighted by molar-refractivity contribution is -0.129. The molecule has 0 aliphatic rings. The molecule has 0 bridgehead atoms. The van der Waals surface area contributed by atoms with E-state index in [-0.39, 0.29) is 5.91 Å². The van der Waals surface area contributed by atoms with Gasteiger partial charge in [0.2, 0.25) is 5.91 Å². The van der Waals surface area contributed by atoms with Crippen molar-refractivity contribution in [1.82, 2.24) is 10.2 Å². The number of carbonyl (C=O) groups excluding carboxylic acids is 1. The van der Waals surface area contributed by atoms with Crippen LogP contribution in [0.3, 0.4) is 0 Å². The Morgan fingerprint density at radius 2 is 2.36 bits per heavy atom. The predicted octanol–water partition coefficient (Wildman–Crippen LogP) is 1.58. The van der Waals surface area contributed by atoms with Gasteiger partial charge in [0.15, 0.2) is 0 Å². The second-order valence-corrected chi connectivity index (χ2v) is 4.79. The summed E-state index contributed by atoms with van der Waals surface area (Å²) in [5, 5.41) is 2.83. The van der Waals surface area contributed by atoms with E-state index in [9.17, 15) is 4.79 Å². The molecule has 1 N–H and O–H groups in total. The number of thiophene rings is 1. The number of hydrogen-bond donors (Lipinski definition) is 1. The lowest BCUT2D eigenvalue weighted by Gasteiger charge is -2.15. The van der Waals surface area contributed by atoms with Crippen LogP contribution < -0.4 is 5.32 Å². The Labute approximate surface area is 92.7 Å². The van der Waals surface area contributed by atoms with Crippen molar-refractivity contribution in [3.63, 3.8) is 0 Å². The van der Waals surface area contributed by atoms with Crippen LogP contribution in [0.15, 0.2) is 12.1 Å². The maximum absolute atomic E-state index is 11.4. The van der Waals surface area contributed by atoms with Crippen molar-refractivity contribution < 1.29 is 4.79 Å². The highest BCUT2D eigenvalue weighted by atomic mass is 35.5. The molecule has 0 fully saturated rings. The maximum atomic E-state index is 11.4. The second-order valence-electron chi connectivity index (χ2n) is 2.99. The van der Waals surface area contributed by atoms with E-state index in [0.29, 0.717) is 13.1 Å². The molecule has 0 aliphatic heterocycles. The molecule has 14 heavy (non-hydrogen) atoms. The van der Waals surface area contributed by atoms with Gasteiger partial charge in [0, 0.05) is 11.9 Å². The van der Waals surface area contributed by atoms with Gasteiger partial charge in [-0.25, -0.2) is 0 Å². The second kappa shape index (κ2) is 5.34. The Kier molecular flexibility index (Phi) is 4.38. The maximum Gasteiger partial charge on any atom is 0.236 e. The average molecular weight is 233 g/mol. The van der Waals surface area contributed by atoms with Crippen molar-refractivity contribution in [2.75, 3.05) is 20.6 Å². The normalized spacial score (nSPS) is 10.2. The standard InChI is InChI=1S/C9H13ClN2OS/c1-11-5-9(13)12(2)6-7-3-4-8(10)14-7/h3-4,11H,5-6H2,1-2H3. The van der Waals surface area contributed by atoms with Crippen LogP contribution in [0, 0.1) is 0 Å². The molecular weight excluding hydrogens is 220 g/mol. The third kappa shape index (κ3) is 3.29. The summed E-state index contributed by atoms with van der Waals surface area (Å²) >= 11 is 7.29. The van der Waals surface area contributed by atoms with Crippen LogP contribution in [-0.2, 0) is 11.3 Å². The molecule has 0 radical (unpaired) electrons. The third-order valence-electron chi connectivity index (χ3n) is 1.78. The predicted molar refractivity (Wildman–Crippen MR) is 59.7 cm³/mol. The van der Waals surface area contributed by atoms with Gasteiger partial charge in [-0.15, -0.1) is 11.3 Å². The van der Waals surface area contributed by atoms with Crippen molar-refractivity contribution in [2.24, 2.45) is 0 Å². The van der Waals surface area contributed by atoms with Gasteiger partial charge in [-0.1, -0.05) is 11.6 Å². The highest BCUT2D eigenvalue weighted by Crippen LogP contribution is 2.22. The Bertz CT molecular complexity index is 314. The lowest BCUT2D eigenvalue weighted by atomic mass is 10.4. The van der Waals surface area contributed by atoms with Crippen LogP contribution in [0.2, 0.25) is 4.34 Å². The summed E-state index contributed by atoms with van der Waals surface area (Å²) in [5.74, 6) is 0.0806. The molecule has 1 amide bonds. The number of rotatable bonds is 4. The molecule has 78 valence electrons. The molecule has 0 aromatic carbocycles. The zero-order chi connectivity index (χ0) is 10.6. The van der Waals surface area contributed by atoms with Gasteiger partial charge in [0.05, 0.1) is 17.4 Å². The molecule has 1 aromatic heterocycles. The minimum absolute atomic E-state index is 0.0806. The monoisotopic (exact) mass is 232 g/mol. The van der Waals surface area contributed by atoms with E-state index >= 15 is 0 Å². The summed E-state index contributed by atoms with van der Waals surface area (Å²) in [5.41, 5.74) is 0. The summed E-state index contributed by atoms with van der Waals surface area (Å²) in [7, 11) is 3.54. The van der Waals surface area contributed by atoms with Gasteiger partial charge in [-0.2, -0.15) is 0 Å². The van der Waals surface area contributed by atoms with E-state index in [1.54, 1.807) is 19.0 Å². The number of amides is 1. The average Bonchev–Trinajstić information content (AvgIpc) is 2.51. The Morgan fingerprint density at radius 1 is 1.64 bits per heavy atom. The number of likely N-dealkylation sites (N-methyl/N-ethyl adjacent to an activating group) is 2. The van der Waals surface area contributed by atoms with Crippen molar-refractivity contribution in [3.8, 4) is 0 Å².